The Bertz CT molecular complexity index is 526. The van der Waals surface area contributed by atoms with Crippen LogP contribution in [0.15, 0.2) is 28.7 Å². The Morgan fingerprint density at radius 3 is 2.88 bits per heavy atom. The number of rotatable bonds is 3. The zero-order chi connectivity index (χ0) is 12.4. The van der Waals surface area contributed by atoms with Gasteiger partial charge in [-0.3, -0.25) is 5.10 Å². The van der Waals surface area contributed by atoms with E-state index in [0.29, 0.717) is 18.1 Å². The Morgan fingerprint density at radius 2 is 2.24 bits per heavy atom. The van der Waals surface area contributed by atoms with Gasteiger partial charge in [0.05, 0.1) is 17.9 Å². The van der Waals surface area contributed by atoms with Crippen molar-refractivity contribution in [1.82, 2.24) is 10.2 Å². The number of nitrogens with two attached hydrogens (primary N) is 1. The lowest BCUT2D eigenvalue weighted by molar-refractivity contribution is 0.621. The van der Waals surface area contributed by atoms with Gasteiger partial charge in [0, 0.05) is 17.6 Å². The van der Waals surface area contributed by atoms with Gasteiger partial charge in [-0.1, -0.05) is 15.9 Å². The van der Waals surface area contributed by atoms with Gasteiger partial charge >= 0.3 is 0 Å². The van der Waals surface area contributed by atoms with E-state index < -0.39 is 0 Å². The molecular formula is C11H12BrFN4. The fourth-order valence-electron chi connectivity index (χ4n) is 1.58. The molecule has 0 aliphatic carbocycles. The van der Waals surface area contributed by atoms with Crippen molar-refractivity contribution in [1.29, 1.82) is 0 Å². The van der Waals surface area contributed by atoms with Crippen molar-refractivity contribution in [2.75, 3.05) is 17.7 Å². The third-order valence-electron chi connectivity index (χ3n) is 2.38. The van der Waals surface area contributed by atoms with Crippen molar-refractivity contribution in [2.45, 2.75) is 6.54 Å². The highest BCUT2D eigenvalue weighted by atomic mass is 79.9. The normalized spacial score (nSPS) is 10.5. The maximum atomic E-state index is 13.6. The molecule has 17 heavy (non-hydrogen) atoms. The average Bonchev–Trinajstić information content (AvgIpc) is 2.67. The summed E-state index contributed by atoms with van der Waals surface area (Å²) in [5.41, 5.74) is 6.86. The van der Waals surface area contributed by atoms with Gasteiger partial charge in [-0.05, 0) is 18.2 Å². The first-order valence-corrected chi connectivity index (χ1v) is 5.81. The minimum Gasteiger partial charge on any atom is -0.382 e. The number of nitrogen functional groups attached to an aromatic ring is 1. The Balaban J connectivity index is 2.19. The van der Waals surface area contributed by atoms with E-state index in [1.807, 2.05) is 7.05 Å². The molecule has 90 valence electrons. The summed E-state index contributed by atoms with van der Waals surface area (Å²) in [6, 6.07) is 6.56. The molecule has 0 aliphatic heterocycles. The number of nitrogens with zero attached hydrogens (tertiary/aromatic N) is 2. The fourth-order valence-corrected chi connectivity index (χ4v) is 1.93. The van der Waals surface area contributed by atoms with Gasteiger partial charge < -0.3 is 10.6 Å². The van der Waals surface area contributed by atoms with Crippen molar-refractivity contribution in [2.24, 2.45) is 0 Å². The molecule has 6 heteroatoms. The first-order chi connectivity index (χ1) is 8.06. The van der Waals surface area contributed by atoms with Gasteiger partial charge in [-0.25, -0.2) is 4.39 Å². The molecule has 2 aromatic rings. The molecule has 1 aromatic heterocycles. The van der Waals surface area contributed by atoms with Crippen LogP contribution in [0.25, 0.3) is 0 Å². The maximum Gasteiger partial charge on any atom is 0.146 e. The highest BCUT2D eigenvalue weighted by Crippen LogP contribution is 2.24. The molecule has 0 unspecified atom stereocenters. The molecule has 1 aromatic carbocycles. The summed E-state index contributed by atoms with van der Waals surface area (Å²) in [5, 5.41) is 6.62. The van der Waals surface area contributed by atoms with Gasteiger partial charge in [0.2, 0.25) is 0 Å². The number of anilines is 2. The smallest absolute Gasteiger partial charge is 0.146 e. The zero-order valence-electron chi connectivity index (χ0n) is 9.24. The molecule has 0 saturated carbocycles. The highest BCUT2D eigenvalue weighted by molar-refractivity contribution is 9.10. The number of nitrogens with one attached hydrogen (secondary N) is 1. The van der Waals surface area contributed by atoms with Crippen molar-refractivity contribution < 1.29 is 4.39 Å². The second kappa shape index (κ2) is 4.75. The van der Waals surface area contributed by atoms with Crippen LogP contribution in [0, 0.1) is 5.82 Å². The summed E-state index contributed by atoms with van der Waals surface area (Å²) in [6.07, 6.45) is 0. The Labute approximate surface area is 107 Å². The number of benzene rings is 1. The van der Waals surface area contributed by atoms with E-state index in [1.54, 1.807) is 23.1 Å². The lowest BCUT2D eigenvalue weighted by atomic mass is 10.2. The highest BCUT2D eigenvalue weighted by Gasteiger charge is 2.09. The molecule has 2 rings (SSSR count). The van der Waals surface area contributed by atoms with Crippen LogP contribution in [-0.4, -0.2) is 17.2 Å². The van der Waals surface area contributed by atoms with Crippen molar-refractivity contribution in [3.8, 4) is 0 Å². The summed E-state index contributed by atoms with van der Waals surface area (Å²) in [6.45, 7) is 0.511. The summed E-state index contributed by atoms with van der Waals surface area (Å²) < 4.78 is 14.5. The summed E-state index contributed by atoms with van der Waals surface area (Å²) in [7, 11) is 1.81. The Hall–Kier alpha value is -1.56. The standard InChI is InChI=1S/C11H12BrFN4/c1-17(6-8-5-11(14)16-15-8)10-4-7(12)2-3-9(10)13/h2-5H,6H2,1H3,(H3,14,15,16). The lowest BCUT2D eigenvalue weighted by Crippen LogP contribution is -2.18. The monoisotopic (exact) mass is 298 g/mol. The Kier molecular flexibility index (Phi) is 3.33. The second-order valence-electron chi connectivity index (χ2n) is 3.77. The summed E-state index contributed by atoms with van der Waals surface area (Å²) in [5.74, 6) is 0.173. The molecule has 0 atom stereocenters. The van der Waals surface area contributed by atoms with Crippen molar-refractivity contribution in [3.05, 3.63) is 40.2 Å². The molecule has 4 nitrogen and oxygen atoms in total. The third kappa shape index (κ3) is 2.76. The van der Waals surface area contributed by atoms with Crippen LogP contribution in [-0.2, 0) is 6.54 Å². The molecule has 0 fully saturated rings. The average molecular weight is 299 g/mol. The number of halogens is 2. The minimum absolute atomic E-state index is 0.261. The molecule has 0 aliphatic rings. The number of hydrogen-bond acceptors (Lipinski definition) is 3. The molecule has 0 radical (unpaired) electrons. The first-order valence-electron chi connectivity index (χ1n) is 5.02. The van der Waals surface area contributed by atoms with Gasteiger partial charge in [-0.15, -0.1) is 0 Å². The molecule has 0 bridgehead atoms. The number of H-pyrrole nitrogens is 1. The number of hydrogen-bond donors (Lipinski definition) is 2. The molecule has 0 amide bonds. The lowest BCUT2D eigenvalue weighted by Gasteiger charge is -2.19. The second-order valence-corrected chi connectivity index (χ2v) is 4.69. The van der Waals surface area contributed by atoms with Crippen LogP contribution >= 0.6 is 15.9 Å². The van der Waals surface area contributed by atoms with Gasteiger partial charge in [-0.2, -0.15) is 5.10 Å². The van der Waals surface area contributed by atoms with Gasteiger partial charge in [0.25, 0.3) is 0 Å². The SMILES string of the molecule is CN(Cc1cc(N)n[nH]1)c1cc(Br)ccc1F. The predicted molar refractivity (Wildman–Crippen MR) is 69.2 cm³/mol. The van der Waals surface area contributed by atoms with E-state index in [0.717, 1.165) is 10.2 Å². The van der Waals surface area contributed by atoms with Crippen molar-refractivity contribution >= 4 is 27.4 Å². The zero-order valence-corrected chi connectivity index (χ0v) is 10.8. The Morgan fingerprint density at radius 1 is 1.47 bits per heavy atom. The first kappa shape index (κ1) is 11.9. The van der Waals surface area contributed by atoms with E-state index in [-0.39, 0.29) is 5.82 Å². The summed E-state index contributed by atoms with van der Waals surface area (Å²) >= 11 is 3.32. The van der Waals surface area contributed by atoms with E-state index >= 15 is 0 Å². The van der Waals surface area contributed by atoms with Crippen molar-refractivity contribution in [3.63, 3.8) is 0 Å². The van der Waals surface area contributed by atoms with Gasteiger partial charge in [0.15, 0.2) is 0 Å². The van der Waals surface area contributed by atoms with Crippen LogP contribution < -0.4 is 10.6 Å². The van der Waals surface area contributed by atoms with Gasteiger partial charge in [0.1, 0.15) is 11.6 Å². The molecular weight excluding hydrogens is 287 g/mol. The quantitative estimate of drug-likeness (QED) is 0.915. The number of aromatic nitrogens is 2. The van der Waals surface area contributed by atoms with Crippen LogP contribution in [0.5, 0.6) is 0 Å². The molecule has 1 heterocycles. The van der Waals surface area contributed by atoms with E-state index in [4.69, 9.17) is 5.73 Å². The molecule has 0 saturated heterocycles. The van der Waals surface area contributed by atoms with Crippen LogP contribution in [0.2, 0.25) is 0 Å². The minimum atomic E-state index is -0.261. The topological polar surface area (TPSA) is 57.9 Å². The maximum absolute atomic E-state index is 13.6. The van der Waals surface area contributed by atoms with Crippen LogP contribution in [0.3, 0.4) is 0 Å². The van der Waals surface area contributed by atoms with E-state index in [2.05, 4.69) is 26.1 Å². The largest absolute Gasteiger partial charge is 0.382 e. The van der Waals surface area contributed by atoms with Crippen LogP contribution in [0.4, 0.5) is 15.9 Å². The van der Waals surface area contributed by atoms with E-state index in [1.165, 1.54) is 6.07 Å². The fraction of sp³-hybridized carbons (Fsp3) is 0.182. The number of aromatic amines is 1. The summed E-state index contributed by atoms with van der Waals surface area (Å²) in [4.78, 5) is 1.78. The third-order valence-corrected chi connectivity index (χ3v) is 2.87. The predicted octanol–water partition coefficient (Wildman–Crippen LogP) is 2.53. The van der Waals surface area contributed by atoms with E-state index in [9.17, 15) is 4.39 Å². The van der Waals surface area contributed by atoms with Crippen LogP contribution in [0.1, 0.15) is 5.69 Å². The molecule has 0 spiro atoms. The molecule has 3 N–H and O–H groups in total.